The highest BCUT2D eigenvalue weighted by Gasteiger charge is 2.35. The third-order valence-corrected chi connectivity index (χ3v) is 5.44. The molecule has 0 saturated carbocycles. The molecule has 1 heterocycles. The summed E-state index contributed by atoms with van der Waals surface area (Å²) in [7, 11) is 2.83. The maximum absolute atomic E-state index is 12.4. The number of anilines is 1. The Balaban J connectivity index is 1.92. The van der Waals surface area contributed by atoms with Crippen molar-refractivity contribution in [3.05, 3.63) is 77.0 Å². The number of ether oxygens (including phenoxy) is 2. The van der Waals surface area contributed by atoms with Gasteiger partial charge in [-0.05, 0) is 56.2 Å². The van der Waals surface area contributed by atoms with Crippen LogP contribution in [0.1, 0.15) is 36.1 Å². The molecular weight excluding hydrogens is 402 g/mol. The molecule has 0 aliphatic carbocycles. The molecule has 1 aromatic heterocycles. The molecule has 3 aromatic rings. The van der Waals surface area contributed by atoms with E-state index in [4.69, 9.17) is 9.47 Å². The van der Waals surface area contributed by atoms with Crippen LogP contribution in [0.2, 0.25) is 0 Å². The van der Waals surface area contributed by atoms with Crippen molar-refractivity contribution in [2.45, 2.75) is 32.7 Å². The summed E-state index contributed by atoms with van der Waals surface area (Å²) >= 11 is 0. The number of nitriles is 1. The van der Waals surface area contributed by atoms with Crippen LogP contribution in [0.4, 0.5) is 5.82 Å². The van der Waals surface area contributed by atoms with Crippen molar-refractivity contribution in [3.8, 4) is 22.9 Å². The van der Waals surface area contributed by atoms with Crippen molar-refractivity contribution in [2.75, 3.05) is 19.5 Å². The lowest BCUT2D eigenvalue weighted by Gasteiger charge is -2.25. The minimum Gasteiger partial charge on any atom is -0.495 e. The smallest absolute Gasteiger partial charge is 0.315 e. The van der Waals surface area contributed by atoms with Crippen molar-refractivity contribution in [1.82, 2.24) is 4.98 Å². The lowest BCUT2D eigenvalue weighted by molar-refractivity contribution is -0.146. The van der Waals surface area contributed by atoms with Gasteiger partial charge in [0.25, 0.3) is 0 Å². The Morgan fingerprint density at radius 3 is 2.50 bits per heavy atom. The average molecular weight is 430 g/mol. The first-order valence-corrected chi connectivity index (χ1v) is 10.3. The Morgan fingerprint density at radius 1 is 1.12 bits per heavy atom. The first-order valence-electron chi connectivity index (χ1n) is 10.3. The lowest BCUT2D eigenvalue weighted by Crippen LogP contribution is -2.31. The maximum Gasteiger partial charge on any atom is 0.315 e. The minimum atomic E-state index is -0.996. The average Bonchev–Trinajstić information content (AvgIpc) is 2.81. The van der Waals surface area contributed by atoms with Crippen LogP contribution in [0.25, 0.3) is 11.1 Å². The number of nitrogens with one attached hydrogen (secondary N) is 1. The predicted octanol–water partition coefficient (Wildman–Crippen LogP) is 5.00. The number of hydrogen-bond donors (Lipinski definition) is 1. The van der Waals surface area contributed by atoms with E-state index in [1.807, 2.05) is 24.3 Å². The molecule has 32 heavy (non-hydrogen) atoms. The first-order chi connectivity index (χ1) is 15.3. The van der Waals surface area contributed by atoms with E-state index in [1.54, 1.807) is 26.1 Å². The molecule has 0 bridgehead atoms. The zero-order chi connectivity index (χ0) is 23.3. The molecule has 3 rings (SSSR count). The van der Waals surface area contributed by atoms with Gasteiger partial charge in [-0.25, -0.2) is 4.98 Å². The van der Waals surface area contributed by atoms with Gasteiger partial charge in [-0.2, -0.15) is 5.26 Å². The number of carbonyl (C=O) groups is 1. The lowest BCUT2D eigenvalue weighted by atomic mass is 9.81. The van der Waals surface area contributed by atoms with E-state index in [0.29, 0.717) is 23.4 Å². The number of hydrogen-bond acceptors (Lipinski definition) is 6. The van der Waals surface area contributed by atoms with E-state index < -0.39 is 11.4 Å². The monoisotopic (exact) mass is 429 g/mol. The van der Waals surface area contributed by atoms with Crippen LogP contribution < -0.4 is 10.1 Å². The second-order valence-corrected chi connectivity index (χ2v) is 8.11. The Kier molecular flexibility index (Phi) is 6.79. The van der Waals surface area contributed by atoms with Crippen molar-refractivity contribution < 1.29 is 14.3 Å². The van der Waals surface area contributed by atoms with E-state index in [0.717, 1.165) is 16.9 Å². The highest BCUT2D eigenvalue weighted by molar-refractivity contribution is 5.85. The van der Waals surface area contributed by atoms with E-state index in [2.05, 4.69) is 41.5 Å². The van der Waals surface area contributed by atoms with Crippen LogP contribution in [0, 0.1) is 18.3 Å². The molecular formula is C26H27N3O3. The number of methoxy groups -OCH3 is 2. The number of pyridine rings is 1. The van der Waals surface area contributed by atoms with Gasteiger partial charge in [0.05, 0.1) is 25.2 Å². The van der Waals surface area contributed by atoms with Crippen molar-refractivity contribution in [2.24, 2.45) is 0 Å². The molecule has 0 spiro atoms. The normalized spacial score (nSPS) is 10.9. The molecule has 2 aromatic carbocycles. The standard InChI is InChI=1S/C26H27N3O3/c1-17-7-6-8-18(11-17)15-28-23-10-9-19(16-29-23)20-12-21(14-27)24(31-4)22(13-20)26(2,3)25(30)32-5/h6-13,16H,15H2,1-5H3,(H,28,29). The molecule has 0 radical (unpaired) electrons. The van der Waals surface area contributed by atoms with Crippen LogP contribution in [0.3, 0.4) is 0 Å². The molecule has 0 fully saturated rings. The summed E-state index contributed by atoms with van der Waals surface area (Å²) in [5.41, 5.74) is 3.93. The van der Waals surface area contributed by atoms with Crippen LogP contribution in [-0.2, 0) is 21.5 Å². The predicted molar refractivity (Wildman–Crippen MR) is 124 cm³/mol. The summed E-state index contributed by atoms with van der Waals surface area (Å²) in [4.78, 5) is 16.9. The summed E-state index contributed by atoms with van der Waals surface area (Å²) < 4.78 is 10.5. The third-order valence-electron chi connectivity index (χ3n) is 5.44. The molecule has 6 heteroatoms. The number of nitrogens with zero attached hydrogens (tertiary/aromatic N) is 2. The molecule has 164 valence electrons. The highest BCUT2D eigenvalue weighted by atomic mass is 16.5. The fraction of sp³-hybridized carbons (Fsp3) is 0.269. The summed E-state index contributed by atoms with van der Waals surface area (Å²) in [6.45, 7) is 6.24. The van der Waals surface area contributed by atoms with E-state index >= 15 is 0 Å². The number of rotatable bonds is 7. The van der Waals surface area contributed by atoms with Gasteiger partial charge in [-0.15, -0.1) is 0 Å². The van der Waals surface area contributed by atoms with Gasteiger partial charge in [0, 0.05) is 23.9 Å². The van der Waals surface area contributed by atoms with Crippen LogP contribution in [-0.4, -0.2) is 25.2 Å². The third kappa shape index (κ3) is 4.73. The first kappa shape index (κ1) is 22.8. The van der Waals surface area contributed by atoms with E-state index in [9.17, 15) is 10.1 Å². The Hall–Kier alpha value is -3.85. The molecule has 1 N–H and O–H groups in total. The number of benzene rings is 2. The molecule has 0 amide bonds. The molecule has 0 saturated heterocycles. The molecule has 0 aliphatic rings. The quantitative estimate of drug-likeness (QED) is 0.532. The van der Waals surface area contributed by atoms with Crippen molar-refractivity contribution >= 4 is 11.8 Å². The zero-order valence-electron chi connectivity index (χ0n) is 19.0. The Labute approximate surface area is 188 Å². The van der Waals surface area contributed by atoms with E-state index in [-0.39, 0.29) is 0 Å². The van der Waals surface area contributed by atoms with Gasteiger partial charge in [-0.3, -0.25) is 4.79 Å². The number of esters is 1. The second-order valence-electron chi connectivity index (χ2n) is 8.11. The second kappa shape index (κ2) is 9.52. The number of carbonyl (C=O) groups excluding carboxylic acids is 1. The Bertz CT molecular complexity index is 1160. The fourth-order valence-electron chi connectivity index (χ4n) is 3.61. The maximum atomic E-state index is 12.4. The van der Waals surface area contributed by atoms with Gasteiger partial charge in [0.1, 0.15) is 17.6 Å². The molecule has 6 nitrogen and oxygen atoms in total. The summed E-state index contributed by atoms with van der Waals surface area (Å²) in [5.74, 6) is 0.709. The Morgan fingerprint density at radius 2 is 1.91 bits per heavy atom. The zero-order valence-corrected chi connectivity index (χ0v) is 19.0. The molecule has 0 atom stereocenters. The van der Waals surface area contributed by atoms with Crippen LogP contribution >= 0.6 is 0 Å². The summed E-state index contributed by atoms with van der Waals surface area (Å²) in [6, 6.07) is 17.9. The van der Waals surface area contributed by atoms with E-state index in [1.165, 1.54) is 25.3 Å². The largest absolute Gasteiger partial charge is 0.495 e. The highest BCUT2D eigenvalue weighted by Crippen LogP contribution is 2.38. The number of aromatic nitrogens is 1. The van der Waals surface area contributed by atoms with Crippen LogP contribution in [0.5, 0.6) is 5.75 Å². The topological polar surface area (TPSA) is 84.2 Å². The minimum absolute atomic E-state index is 0.346. The van der Waals surface area contributed by atoms with Gasteiger partial charge >= 0.3 is 5.97 Å². The summed E-state index contributed by atoms with van der Waals surface area (Å²) in [5, 5.41) is 13.0. The van der Waals surface area contributed by atoms with Gasteiger partial charge in [0.2, 0.25) is 0 Å². The molecule has 0 unspecified atom stereocenters. The molecule has 0 aliphatic heterocycles. The van der Waals surface area contributed by atoms with Crippen molar-refractivity contribution in [1.29, 1.82) is 5.26 Å². The van der Waals surface area contributed by atoms with Crippen molar-refractivity contribution in [3.63, 3.8) is 0 Å². The fourth-order valence-corrected chi connectivity index (χ4v) is 3.61. The van der Waals surface area contributed by atoms with Crippen LogP contribution in [0.15, 0.2) is 54.7 Å². The van der Waals surface area contributed by atoms with Gasteiger partial charge in [-0.1, -0.05) is 29.8 Å². The van der Waals surface area contributed by atoms with Gasteiger partial charge in [0.15, 0.2) is 0 Å². The summed E-state index contributed by atoms with van der Waals surface area (Å²) in [6.07, 6.45) is 1.75. The number of aryl methyl sites for hydroxylation is 1. The SMILES string of the molecule is COC(=O)C(C)(C)c1cc(-c2ccc(NCc3cccc(C)c3)nc2)cc(C#N)c1OC. The van der Waals surface area contributed by atoms with Gasteiger partial charge < -0.3 is 14.8 Å².